The van der Waals surface area contributed by atoms with Gasteiger partial charge in [-0.15, -0.1) is 0 Å². The van der Waals surface area contributed by atoms with Gasteiger partial charge >= 0.3 is 0 Å². The van der Waals surface area contributed by atoms with E-state index in [1.165, 1.54) is 19.3 Å². The van der Waals surface area contributed by atoms with Crippen molar-refractivity contribution in [3.8, 4) is 0 Å². The molecule has 0 unspecified atom stereocenters. The lowest BCUT2D eigenvalue weighted by atomic mass is 10.1. The molecule has 2 rings (SSSR count). The molecule has 0 aromatic heterocycles. The molecule has 2 N–H and O–H groups in total. The van der Waals surface area contributed by atoms with Crippen molar-refractivity contribution in [3.63, 3.8) is 0 Å². The number of rotatable bonds is 2. The summed E-state index contributed by atoms with van der Waals surface area (Å²) in [5, 5.41) is 0. The standard InChI is InChI=1S/C12H23N3O/c13-11-4-8-14(9-5-11)10-12(16)15-6-2-1-3-7-15/h11H,1-10,13H2. The average Bonchev–Trinajstić information content (AvgIpc) is 2.33. The summed E-state index contributed by atoms with van der Waals surface area (Å²) >= 11 is 0. The van der Waals surface area contributed by atoms with Crippen molar-refractivity contribution in [2.75, 3.05) is 32.7 Å². The van der Waals surface area contributed by atoms with Gasteiger partial charge in [0.05, 0.1) is 6.54 Å². The summed E-state index contributed by atoms with van der Waals surface area (Å²) in [4.78, 5) is 16.3. The third kappa shape index (κ3) is 3.19. The molecule has 0 atom stereocenters. The number of likely N-dealkylation sites (tertiary alicyclic amines) is 2. The van der Waals surface area contributed by atoms with Gasteiger partial charge in [-0.2, -0.15) is 0 Å². The van der Waals surface area contributed by atoms with Gasteiger partial charge < -0.3 is 10.6 Å². The lowest BCUT2D eigenvalue weighted by Crippen LogP contribution is -2.46. The Morgan fingerprint density at radius 3 is 2.31 bits per heavy atom. The van der Waals surface area contributed by atoms with Crippen LogP contribution in [0.2, 0.25) is 0 Å². The van der Waals surface area contributed by atoms with Crippen molar-refractivity contribution in [2.45, 2.75) is 38.1 Å². The number of piperidine rings is 2. The summed E-state index contributed by atoms with van der Waals surface area (Å²) in [6.07, 6.45) is 5.70. The minimum atomic E-state index is 0.315. The summed E-state index contributed by atoms with van der Waals surface area (Å²) in [6.45, 7) is 4.51. The molecule has 0 aliphatic carbocycles. The van der Waals surface area contributed by atoms with Crippen LogP contribution in [0.3, 0.4) is 0 Å². The van der Waals surface area contributed by atoms with Gasteiger partial charge in [-0.25, -0.2) is 0 Å². The first kappa shape index (κ1) is 11.9. The number of hydrogen-bond acceptors (Lipinski definition) is 3. The first-order valence-corrected chi connectivity index (χ1v) is 6.51. The lowest BCUT2D eigenvalue weighted by Gasteiger charge is -2.33. The van der Waals surface area contributed by atoms with Crippen LogP contribution in [0.25, 0.3) is 0 Å². The van der Waals surface area contributed by atoms with E-state index < -0.39 is 0 Å². The fourth-order valence-corrected chi connectivity index (χ4v) is 2.55. The van der Waals surface area contributed by atoms with Gasteiger partial charge in [0.25, 0.3) is 0 Å². The van der Waals surface area contributed by atoms with Crippen molar-refractivity contribution in [2.24, 2.45) is 5.73 Å². The summed E-state index contributed by atoms with van der Waals surface area (Å²) in [5.74, 6) is 0.315. The molecule has 0 aromatic carbocycles. The zero-order valence-electron chi connectivity index (χ0n) is 10.0. The Morgan fingerprint density at radius 2 is 1.69 bits per heavy atom. The van der Waals surface area contributed by atoms with Crippen molar-refractivity contribution in [1.82, 2.24) is 9.80 Å². The molecule has 2 saturated heterocycles. The number of hydrogen-bond donors (Lipinski definition) is 1. The molecule has 2 fully saturated rings. The van der Waals surface area contributed by atoms with E-state index in [2.05, 4.69) is 4.90 Å². The summed E-state index contributed by atoms with van der Waals surface area (Å²) in [5.41, 5.74) is 5.85. The van der Waals surface area contributed by atoms with E-state index in [9.17, 15) is 4.79 Å². The van der Waals surface area contributed by atoms with Gasteiger partial charge in [0.15, 0.2) is 0 Å². The zero-order chi connectivity index (χ0) is 11.4. The largest absolute Gasteiger partial charge is 0.342 e. The van der Waals surface area contributed by atoms with Gasteiger partial charge in [-0.05, 0) is 32.1 Å². The number of carbonyl (C=O) groups is 1. The Labute approximate surface area is 97.8 Å². The van der Waals surface area contributed by atoms with Gasteiger partial charge in [0, 0.05) is 32.2 Å². The first-order chi connectivity index (χ1) is 7.75. The Bertz CT molecular complexity index is 230. The van der Waals surface area contributed by atoms with Crippen molar-refractivity contribution in [1.29, 1.82) is 0 Å². The highest BCUT2D eigenvalue weighted by atomic mass is 16.2. The predicted molar refractivity (Wildman–Crippen MR) is 64.1 cm³/mol. The maximum Gasteiger partial charge on any atom is 0.236 e. The molecule has 2 aliphatic heterocycles. The Morgan fingerprint density at radius 1 is 1.06 bits per heavy atom. The highest BCUT2D eigenvalue weighted by molar-refractivity contribution is 5.78. The SMILES string of the molecule is NC1CCN(CC(=O)N2CCCCC2)CC1. The Kier molecular flexibility index (Phi) is 4.18. The van der Waals surface area contributed by atoms with Crippen LogP contribution in [0.4, 0.5) is 0 Å². The molecule has 2 aliphatic rings. The van der Waals surface area contributed by atoms with Crippen LogP contribution < -0.4 is 5.73 Å². The van der Waals surface area contributed by atoms with Gasteiger partial charge in [-0.1, -0.05) is 0 Å². The minimum Gasteiger partial charge on any atom is -0.342 e. The summed E-state index contributed by atoms with van der Waals surface area (Å²) in [7, 11) is 0. The Hall–Kier alpha value is -0.610. The molecule has 1 amide bonds. The van der Waals surface area contributed by atoms with Crippen molar-refractivity contribution >= 4 is 5.91 Å². The second kappa shape index (κ2) is 5.64. The zero-order valence-corrected chi connectivity index (χ0v) is 10.0. The molecular formula is C12H23N3O. The minimum absolute atomic E-state index is 0.315. The van der Waals surface area contributed by atoms with Crippen LogP contribution in [0.15, 0.2) is 0 Å². The molecule has 16 heavy (non-hydrogen) atoms. The van der Waals surface area contributed by atoms with Crippen LogP contribution in [0.1, 0.15) is 32.1 Å². The molecule has 0 aromatic rings. The highest BCUT2D eigenvalue weighted by Gasteiger charge is 2.22. The average molecular weight is 225 g/mol. The molecule has 2 heterocycles. The van der Waals surface area contributed by atoms with E-state index in [1.807, 2.05) is 4.90 Å². The number of amides is 1. The van der Waals surface area contributed by atoms with Gasteiger partial charge in [-0.3, -0.25) is 9.69 Å². The van der Waals surface area contributed by atoms with Crippen LogP contribution in [0, 0.1) is 0 Å². The topological polar surface area (TPSA) is 49.6 Å². The molecule has 0 spiro atoms. The Balaban J connectivity index is 1.73. The summed E-state index contributed by atoms with van der Waals surface area (Å²) < 4.78 is 0. The predicted octanol–water partition coefficient (Wildman–Crippen LogP) is 0.422. The fourth-order valence-electron chi connectivity index (χ4n) is 2.55. The molecule has 4 nitrogen and oxygen atoms in total. The summed E-state index contributed by atoms with van der Waals surface area (Å²) in [6, 6.07) is 0.348. The highest BCUT2D eigenvalue weighted by Crippen LogP contribution is 2.11. The third-order valence-corrected chi connectivity index (χ3v) is 3.70. The molecule has 0 bridgehead atoms. The second-order valence-electron chi connectivity index (χ2n) is 5.06. The smallest absolute Gasteiger partial charge is 0.236 e. The third-order valence-electron chi connectivity index (χ3n) is 3.70. The number of carbonyl (C=O) groups excluding carboxylic acids is 1. The maximum absolute atomic E-state index is 12.0. The van der Waals surface area contributed by atoms with Crippen LogP contribution in [0.5, 0.6) is 0 Å². The van der Waals surface area contributed by atoms with E-state index in [0.717, 1.165) is 39.0 Å². The molecule has 0 saturated carbocycles. The van der Waals surface area contributed by atoms with E-state index in [1.54, 1.807) is 0 Å². The van der Waals surface area contributed by atoms with E-state index in [-0.39, 0.29) is 0 Å². The van der Waals surface area contributed by atoms with Crippen molar-refractivity contribution in [3.05, 3.63) is 0 Å². The van der Waals surface area contributed by atoms with E-state index in [0.29, 0.717) is 18.5 Å². The normalized spacial score (nSPS) is 24.7. The lowest BCUT2D eigenvalue weighted by molar-refractivity contribution is -0.133. The van der Waals surface area contributed by atoms with Gasteiger partial charge in [0.1, 0.15) is 0 Å². The second-order valence-corrected chi connectivity index (χ2v) is 5.06. The van der Waals surface area contributed by atoms with Crippen LogP contribution in [-0.2, 0) is 4.79 Å². The maximum atomic E-state index is 12.0. The fraction of sp³-hybridized carbons (Fsp3) is 0.917. The van der Waals surface area contributed by atoms with Crippen LogP contribution in [-0.4, -0.2) is 54.5 Å². The molecule has 0 radical (unpaired) electrons. The quantitative estimate of drug-likeness (QED) is 0.741. The van der Waals surface area contributed by atoms with E-state index >= 15 is 0 Å². The number of nitrogens with two attached hydrogens (primary N) is 1. The monoisotopic (exact) mass is 225 g/mol. The number of nitrogens with zero attached hydrogens (tertiary/aromatic N) is 2. The van der Waals surface area contributed by atoms with Gasteiger partial charge in [0.2, 0.25) is 5.91 Å². The molecule has 4 heteroatoms. The van der Waals surface area contributed by atoms with Crippen molar-refractivity contribution < 1.29 is 4.79 Å². The first-order valence-electron chi connectivity index (χ1n) is 6.51. The molecular weight excluding hydrogens is 202 g/mol. The molecule has 92 valence electrons. The van der Waals surface area contributed by atoms with Crippen LogP contribution >= 0.6 is 0 Å². The van der Waals surface area contributed by atoms with E-state index in [4.69, 9.17) is 5.73 Å².